The quantitative estimate of drug-likeness (QED) is 0.939. The molecule has 0 saturated heterocycles. The van der Waals surface area contributed by atoms with Crippen molar-refractivity contribution in [3.05, 3.63) is 53.7 Å². The van der Waals surface area contributed by atoms with Crippen LogP contribution in [0.5, 0.6) is 5.88 Å². The van der Waals surface area contributed by atoms with Crippen molar-refractivity contribution in [3.8, 4) is 5.88 Å². The van der Waals surface area contributed by atoms with Gasteiger partial charge in [0.25, 0.3) is 5.91 Å². The molecule has 1 aliphatic rings. The number of aromatic nitrogens is 1. The molecule has 2 aromatic rings. The largest absolute Gasteiger partial charge is 0.477 e. The Hall–Kier alpha value is -2.01. The summed E-state index contributed by atoms with van der Waals surface area (Å²) in [6.07, 6.45) is 2.56. The lowest BCUT2D eigenvalue weighted by molar-refractivity contribution is 0.0930. The molecule has 0 radical (unpaired) electrons. The van der Waals surface area contributed by atoms with E-state index in [-0.39, 0.29) is 11.9 Å². The average Bonchev–Trinajstić information content (AvgIpc) is 2.56. The predicted octanol–water partition coefficient (Wildman–Crippen LogP) is 3.45. The van der Waals surface area contributed by atoms with E-state index >= 15 is 0 Å². The first-order chi connectivity index (χ1) is 10.8. The number of nitrogens with one attached hydrogen (secondary N) is 1. The van der Waals surface area contributed by atoms with Crippen molar-refractivity contribution in [3.63, 3.8) is 0 Å². The lowest BCUT2D eigenvalue weighted by Gasteiger charge is -2.26. The number of amides is 1. The number of rotatable bonds is 4. The number of benzene rings is 1. The van der Waals surface area contributed by atoms with Crippen LogP contribution in [0, 0.1) is 0 Å². The highest BCUT2D eigenvalue weighted by atomic mass is 32.2. The zero-order chi connectivity index (χ0) is 15.4. The molecule has 22 heavy (non-hydrogen) atoms. The van der Waals surface area contributed by atoms with Gasteiger partial charge in [-0.25, -0.2) is 4.98 Å². The first kappa shape index (κ1) is 14.9. The van der Waals surface area contributed by atoms with Crippen molar-refractivity contribution in [1.82, 2.24) is 10.3 Å². The molecule has 0 aliphatic carbocycles. The number of ether oxygens (including phenoxy) is 1. The van der Waals surface area contributed by atoms with E-state index in [1.165, 1.54) is 10.5 Å². The van der Waals surface area contributed by atoms with E-state index in [4.69, 9.17) is 4.74 Å². The standard InChI is InChI=1S/C17H18N2O2S/c1-2-21-17-13(7-5-10-18-17)16(20)19-14-9-11-22-15-8-4-3-6-12(14)15/h3-8,10,14H,2,9,11H2,1H3,(H,19,20)/t14-/m0/s1. The minimum atomic E-state index is -0.136. The van der Waals surface area contributed by atoms with Gasteiger partial charge < -0.3 is 10.1 Å². The van der Waals surface area contributed by atoms with Crippen LogP contribution in [0.25, 0.3) is 0 Å². The Labute approximate surface area is 134 Å². The molecule has 1 amide bonds. The van der Waals surface area contributed by atoms with Gasteiger partial charge in [-0.2, -0.15) is 0 Å². The van der Waals surface area contributed by atoms with Crippen molar-refractivity contribution in [2.75, 3.05) is 12.4 Å². The van der Waals surface area contributed by atoms with E-state index in [9.17, 15) is 4.79 Å². The maximum Gasteiger partial charge on any atom is 0.257 e. The second-order valence-electron chi connectivity index (χ2n) is 4.99. The zero-order valence-corrected chi connectivity index (χ0v) is 13.2. The molecule has 0 saturated carbocycles. The maximum atomic E-state index is 12.6. The summed E-state index contributed by atoms with van der Waals surface area (Å²) in [4.78, 5) is 18.0. The fourth-order valence-electron chi connectivity index (χ4n) is 2.54. The summed E-state index contributed by atoms with van der Waals surface area (Å²) < 4.78 is 5.44. The fraction of sp³-hybridized carbons (Fsp3) is 0.294. The van der Waals surface area contributed by atoms with Gasteiger partial charge in [0.2, 0.25) is 5.88 Å². The van der Waals surface area contributed by atoms with Crippen LogP contribution in [0.4, 0.5) is 0 Å². The van der Waals surface area contributed by atoms with Crippen LogP contribution in [0.3, 0.4) is 0 Å². The summed E-state index contributed by atoms with van der Waals surface area (Å²) in [5.74, 6) is 1.26. The summed E-state index contributed by atoms with van der Waals surface area (Å²) in [6.45, 7) is 2.37. The van der Waals surface area contributed by atoms with E-state index in [1.807, 2.05) is 30.8 Å². The topological polar surface area (TPSA) is 51.2 Å². The second-order valence-corrected chi connectivity index (χ2v) is 6.13. The summed E-state index contributed by atoms with van der Waals surface area (Å²) in [5, 5.41) is 3.12. The van der Waals surface area contributed by atoms with Gasteiger partial charge >= 0.3 is 0 Å². The monoisotopic (exact) mass is 314 g/mol. The summed E-state index contributed by atoms with van der Waals surface area (Å²) in [5.41, 5.74) is 1.68. The molecule has 0 unspecified atom stereocenters. The highest BCUT2D eigenvalue weighted by Gasteiger charge is 2.23. The van der Waals surface area contributed by atoms with Crippen LogP contribution < -0.4 is 10.1 Å². The Balaban J connectivity index is 1.81. The minimum Gasteiger partial charge on any atom is -0.477 e. The Morgan fingerprint density at radius 3 is 3.09 bits per heavy atom. The van der Waals surface area contributed by atoms with E-state index < -0.39 is 0 Å². The summed E-state index contributed by atoms with van der Waals surface area (Å²) >= 11 is 1.84. The van der Waals surface area contributed by atoms with Gasteiger partial charge in [-0.3, -0.25) is 4.79 Å². The Bertz CT molecular complexity index is 675. The highest BCUT2D eigenvalue weighted by Crippen LogP contribution is 2.36. The third-order valence-electron chi connectivity index (χ3n) is 3.56. The molecule has 4 nitrogen and oxygen atoms in total. The van der Waals surface area contributed by atoms with Crippen LogP contribution in [-0.2, 0) is 0 Å². The van der Waals surface area contributed by atoms with Gasteiger partial charge in [0.15, 0.2) is 0 Å². The number of carbonyl (C=O) groups is 1. The number of hydrogen-bond acceptors (Lipinski definition) is 4. The molecule has 1 N–H and O–H groups in total. The number of hydrogen-bond donors (Lipinski definition) is 1. The summed E-state index contributed by atoms with van der Waals surface area (Å²) in [7, 11) is 0. The summed E-state index contributed by atoms with van der Waals surface area (Å²) in [6, 6.07) is 11.8. The Kier molecular flexibility index (Phi) is 4.63. The predicted molar refractivity (Wildman–Crippen MR) is 87.4 cm³/mol. The number of pyridine rings is 1. The fourth-order valence-corrected chi connectivity index (χ4v) is 3.67. The number of fused-ring (bicyclic) bond motifs is 1. The van der Waals surface area contributed by atoms with Gasteiger partial charge in [0, 0.05) is 16.8 Å². The third-order valence-corrected chi connectivity index (χ3v) is 4.68. The molecule has 2 heterocycles. The molecule has 1 aliphatic heterocycles. The van der Waals surface area contributed by atoms with Gasteiger partial charge in [0.1, 0.15) is 5.56 Å². The highest BCUT2D eigenvalue weighted by molar-refractivity contribution is 7.99. The number of carbonyl (C=O) groups excluding carboxylic acids is 1. The lowest BCUT2D eigenvalue weighted by atomic mass is 10.0. The molecule has 1 atom stereocenters. The van der Waals surface area contributed by atoms with Crippen LogP contribution >= 0.6 is 11.8 Å². The first-order valence-corrected chi connectivity index (χ1v) is 8.38. The lowest BCUT2D eigenvalue weighted by Crippen LogP contribution is -2.31. The molecule has 0 bridgehead atoms. The average molecular weight is 314 g/mol. The number of nitrogens with zero attached hydrogens (tertiary/aromatic N) is 1. The van der Waals surface area contributed by atoms with Crippen LogP contribution in [-0.4, -0.2) is 23.3 Å². The van der Waals surface area contributed by atoms with Crippen molar-refractivity contribution in [1.29, 1.82) is 0 Å². The van der Waals surface area contributed by atoms with Crippen LogP contribution in [0.2, 0.25) is 0 Å². The normalized spacial score (nSPS) is 16.7. The third kappa shape index (κ3) is 3.09. The smallest absolute Gasteiger partial charge is 0.257 e. The van der Waals surface area contributed by atoms with Crippen molar-refractivity contribution >= 4 is 17.7 Å². The molecule has 1 aromatic heterocycles. The van der Waals surface area contributed by atoms with Gasteiger partial charge in [0.05, 0.1) is 12.6 Å². The van der Waals surface area contributed by atoms with Crippen molar-refractivity contribution in [2.24, 2.45) is 0 Å². The molecule has 5 heteroatoms. The molecule has 1 aromatic carbocycles. The second kappa shape index (κ2) is 6.83. The molecule has 0 spiro atoms. The van der Waals surface area contributed by atoms with Crippen LogP contribution in [0.1, 0.15) is 35.3 Å². The Morgan fingerprint density at radius 2 is 2.23 bits per heavy atom. The van der Waals surface area contributed by atoms with Crippen molar-refractivity contribution in [2.45, 2.75) is 24.3 Å². The van der Waals surface area contributed by atoms with Gasteiger partial charge in [-0.15, -0.1) is 11.8 Å². The number of thioether (sulfide) groups is 1. The molecular weight excluding hydrogens is 296 g/mol. The van der Waals surface area contributed by atoms with E-state index in [0.717, 1.165) is 12.2 Å². The first-order valence-electron chi connectivity index (χ1n) is 7.40. The van der Waals surface area contributed by atoms with E-state index in [0.29, 0.717) is 18.1 Å². The molecule has 0 fully saturated rings. The van der Waals surface area contributed by atoms with Crippen LogP contribution in [0.15, 0.2) is 47.5 Å². The minimum absolute atomic E-state index is 0.0413. The molecule has 114 valence electrons. The van der Waals surface area contributed by atoms with E-state index in [2.05, 4.69) is 22.4 Å². The maximum absolute atomic E-state index is 12.6. The molecular formula is C17H18N2O2S. The Morgan fingerprint density at radius 1 is 1.36 bits per heavy atom. The SMILES string of the molecule is CCOc1ncccc1C(=O)N[C@H]1CCSc2ccccc21. The van der Waals surface area contributed by atoms with E-state index in [1.54, 1.807) is 18.3 Å². The zero-order valence-electron chi connectivity index (χ0n) is 12.4. The van der Waals surface area contributed by atoms with Gasteiger partial charge in [-0.05, 0) is 37.1 Å². The van der Waals surface area contributed by atoms with Gasteiger partial charge in [-0.1, -0.05) is 18.2 Å². The van der Waals surface area contributed by atoms with Crippen molar-refractivity contribution < 1.29 is 9.53 Å². The molecule has 3 rings (SSSR count).